The molecule has 1 aliphatic heterocycles. The van der Waals surface area contributed by atoms with Crippen molar-refractivity contribution in [3.63, 3.8) is 0 Å². The van der Waals surface area contributed by atoms with Crippen molar-refractivity contribution in [2.45, 2.75) is 13.0 Å². The summed E-state index contributed by atoms with van der Waals surface area (Å²) in [5, 5.41) is 12.2. The summed E-state index contributed by atoms with van der Waals surface area (Å²) in [7, 11) is 0. The minimum absolute atomic E-state index is 0.0134. The highest BCUT2D eigenvalue weighted by molar-refractivity contribution is 5.96. The first-order valence-electron chi connectivity index (χ1n) is 8.06. The molecule has 25 heavy (non-hydrogen) atoms. The molecule has 0 bridgehead atoms. The first-order chi connectivity index (χ1) is 12.3. The number of benzene rings is 2. The van der Waals surface area contributed by atoms with Gasteiger partial charge in [-0.05, 0) is 23.4 Å². The van der Waals surface area contributed by atoms with E-state index >= 15 is 0 Å². The summed E-state index contributed by atoms with van der Waals surface area (Å²) in [5.41, 5.74) is 1.39. The van der Waals surface area contributed by atoms with E-state index in [1.165, 1.54) is 4.80 Å². The van der Waals surface area contributed by atoms with Crippen molar-refractivity contribution in [2.75, 3.05) is 13.2 Å². The van der Waals surface area contributed by atoms with Crippen LogP contribution in [0.3, 0.4) is 0 Å². The molecular formula is C18H16N4O3. The molecule has 2 heterocycles. The van der Waals surface area contributed by atoms with Crippen molar-refractivity contribution in [1.29, 1.82) is 0 Å². The van der Waals surface area contributed by atoms with Gasteiger partial charge in [0.15, 0.2) is 17.3 Å². The molecule has 0 saturated carbocycles. The van der Waals surface area contributed by atoms with Gasteiger partial charge in [-0.25, -0.2) is 0 Å². The molecule has 7 nitrogen and oxygen atoms in total. The third-order valence-corrected chi connectivity index (χ3v) is 3.84. The van der Waals surface area contributed by atoms with Gasteiger partial charge in [0.25, 0.3) is 0 Å². The maximum absolute atomic E-state index is 12.5. The molecular weight excluding hydrogens is 320 g/mol. The van der Waals surface area contributed by atoms with Crippen LogP contribution in [-0.2, 0) is 6.54 Å². The van der Waals surface area contributed by atoms with Gasteiger partial charge in [-0.15, -0.1) is 10.2 Å². The number of hydrogen-bond donors (Lipinski definition) is 0. The first kappa shape index (κ1) is 15.3. The predicted molar refractivity (Wildman–Crippen MR) is 89.6 cm³/mol. The molecule has 0 unspecified atom stereocenters. The minimum Gasteiger partial charge on any atom is -0.490 e. The molecule has 1 aromatic heterocycles. The van der Waals surface area contributed by atoms with E-state index in [9.17, 15) is 4.79 Å². The molecule has 7 heteroatoms. The number of carbonyl (C=O) groups is 1. The number of ketones is 1. The molecule has 0 atom stereocenters. The third kappa shape index (κ3) is 3.35. The van der Waals surface area contributed by atoms with Gasteiger partial charge in [0.2, 0.25) is 5.82 Å². The Bertz CT molecular complexity index is 892. The highest BCUT2D eigenvalue weighted by Crippen LogP contribution is 2.30. The summed E-state index contributed by atoms with van der Waals surface area (Å²) in [4.78, 5) is 13.8. The number of carbonyl (C=O) groups excluding carboxylic acids is 1. The molecule has 0 aliphatic carbocycles. The fourth-order valence-corrected chi connectivity index (χ4v) is 2.57. The van der Waals surface area contributed by atoms with E-state index in [-0.39, 0.29) is 12.3 Å². The van der Waals surface area contributed by atoms with Crippen LogP contribution in [0.4, 0.5) is 0 Å². The van der Waals surface area contributed by atoms with Crippen LogP contribution in [0.15, 0.2) is 48.5 Å². The second kappa shape index (κ2) is 6.72. The third-order valence-electron chi connectivity index (χ3n) is 3.84. The SMILES string of the molecule is O=C(Cn1nnc(-c2ccccc2)n1)c1ccc2c(c1)OCCCO2. The van der Waals surface area contributed by atoms with Crippen LogP contribution in [0.25, 0.3) is 11.4 Å². The lowest BCUT2D eigenvalue weighted by molar-refractivity contribution is 0.0961. The fraction of sp³-hybridized carbons (Fsp3) is 0.222. The number of fused-ring (bicyclic) bond motifs is 1. The molecule has 0 radical (unpaired) electrons. The fourth-order valence-electron chi connectivity index (χ4n) is 2.57. The lowest BCUT2D eigenvalue weighted by Crippen LogP contribution is -2.13. The molecule has 0 fully saturated rings. The highest BCUT2D eigenvalue weighted by Gasteiger charge is 2.16. The van der Waals surface area contributed by atoms with Crippen molar-refractivity contribution < 1.29 is 14.3 Å². The van der Waals surface area contributed by atoms with Crippen LogP contribution < -0.4 is 9.47 Å². The molecule has 0 amide bonds. The van der Waals surface area contributed by atoms with Crippen molar-refractivity contribution in [3.05, 3.63) is 54.1 Å². The summed E-state index contributed by atoms with van der Waals surface area (Å²) in [5.74, 6) is 1.64. The number of rotatable bonds is 4. The molecule has 0 saturated heterocycles. The van der Waals surface area contributed by atoms with E-state index in [0.29, 0.717) is 36.1 Å². The maximum Gasteiger partial charge on any atom is 0.204 e. The van der Waals surface area contributed by atoms with Gasteiger partial charge in [0, 0.05) is 17.5 Å². The molecule has 2 aromatic carbocycles. The summed E-state index contributed by atoms with van der Waals surface area (Å²) < 4.78 is 11.2. The standard InChI is InChI=1S/C18H16N4O3/c23-15(14-7-8-16-17(11-14)25-10-4-9-24-16)12-22-20-18(19-21-22)13-5-2-1-3-6-13/h1-3,5-8,11H,4,9-10,12H2. The Balaban J connectivity index is 1.51. The Hall–Kier alpha value is -3.22. The summed E-state index contributed by atoms with van der Waals surface area (Å²) in [6.45, 7) is 1.21. The molecule has 1 aliphatic rings. The zero-order valence-electron chi connectivity index (χ0n) is 13.5. The Morgan fingerprint density at radius 2 is 1.84 bits per heavy atom. The maximum atomic E-state index is 12.5. The van der Waals surface area contributed by atoms with Crippen LogP contribution >= 0.6 is 0 Å². The number of tetrazole rings is 1. The summed E-state index contributed by atoms with van der Waals surface area (Å²) >= 11 is 0. The van der Waals surface area contributed by atoms with Crippen LogP contribution in [-0.4, -0.2) is 39.2 Å². The van der Waals surface area contributed by atoms with Crippen molar-refractivity contribution in [1.82, 2.24) is 20.2 Å². The Labute approximate surface area is 144 Å². The van der Waals surface area contributed by atoms with Crippen LogP contribution in [0, 0.1) is 0 Å². The Morgan fingerprint density at radius 3 is 2.68 bits per heavy atom. The van der Waals surface area contributed by atoms with E-state index in [4.69, 9.17) is 9.47 Å². The van der Waals surface area contributed by atoms with Crippen molar-refractivity contribution in [3.8, 4) is 22.9 Å². The number of Topliss-reactive ketones (excluding diaryl/α,β-unsaturated/α-hetero) is 1. The quantitative estimate of drug-likeness (QED) is 0.681. The van der Waals surface area contributed by atoms with Gasteiger partial charge in [-0.3, -0.25) is 4.79 Å². The lowest BCUT2D eigenvalue weighted by atomic mass is 10.1. The smallest absolute Gasteiger partial charge is 0.204 e. The number of aromatic nitrogens is 4. The number of nitrogens with zero attached hydrogens (tertiary/aromatic N) is 4. The topological polar surface area (TPSA) is 79.1 Å². The second-order valence-corrected chi connectivity index (χ2v) is 5.64. The lowest BCUT2D eigenvalue weighted by Gasteiger charge is -2.08. The van der Waals surface area contributed by atoms with Gasteiger partial charge in [0.1, 0.15) is 6.54 Å². The summed E-state index contributed by atoms with van der Waals surface area (Å²) in [6, 6.07) is 14.7. The van der Waals surface area contributed by atoms with E-state index in [2.05, 4.69) is 15.4 Å². The van der Waals surface area contributed by atoms with E-state index < -0.39 is 0 Å². The van der Waals surface area contributed by atoms with Crippen LogP contribution in [0.5, 0.6) is 11.5 Å². The average Bonchev–Trinajstić information content (AvgIpc) is 2.98. The van der Waals surface area contributed by atoms with Gasteiger partial charge in [-0.2, -0.15) is 4.80 Å². The van der Waals surface area contributed by atoms with Gasteiger partial charge in [0.05, 0.1) is 13.2 Å². The average molecular weight is 336 g/mol. The zero-order chi connectivity index (χ0) is 17.1. The monoisotopic (exact) mass is 336 g/mol. The van der Waals surface area contributed by atoms with Crippen LogP contribution in [0.1, 0.15) is 16.8 Å². The van der Waals surface area contributed by atoms with Gasteiger partial charge < -0.3 is 9.47 Å². The molecule has 0 N–H and O–H groups in total. The van der Waals surface area contributed by atoms with E-state index in [1.807, 2.05) is 30.3 Å². The van der Waals surface area contributed by atoms with Gasteiger partial charge in [-0.1, -0.05) is 30.3 Å². The minimum atomic E-state index is -0.118. The molecule has 126 valence electrons. The molecule has 4 rings (SSSR count). The van der Waals surface area contributed by atoms with E-state index in [0.717, 1.165) is 12.0 Å². The van der Waals surface area contributed by atoms with Crippen molar-refractivity contribution in [2.24, 2.45) is 0 Å². The highest BCUT2D eigenvalue weighted by atomic mass is 16.5. The largest absolute Gasteiger partial charge is 0.490 e. The molecule has 0 spiro atoms. The molecule has 3 aromatic rings. The predicted octanol–water partition coefficient (Wildman–Crippen LogP) is 2.38. The van der Waals surface area contributed by atoms with Crippen molar-refractivity contribution >= 4 is 5.78 Å². The normalized spacial score (nSPS) is 13.3. The van der Waals surface area contributed by atoms with Crippen LogP contribution in [0.2, 0.25) is 0 Å². The second-order valence-electron chi connectivity index (χ2n) is 5.64. The first-order valence-corrected chi connectivity index (χ1v) is 8.06. The number of ether oxygens (including phenoxy) is 2. The number of hydrogen-bond acceptors (Lipinski definition) is 6. The Kier molecular flexibility index (Phi) is 4.12. The Morgan fingerprint density at radius 1 is 1.04 bits per heavy atom. The summed E-state index contributed by atoms with van der Waals surface area (Å²) in [6.07, 6.45) is 0.823. The van der Waals surface area contributed by atoms with Gasteiger partial charge >= 0.3 is 0 Å². The van der Waals surface area contributed by atoms with E-state index in [1.54, 1.807) is 18.2 Å². The zero-order valence-corrected chi connectivity index (χ0v) is 13.5.